The molecule has 0 saturated carbocycles. The van der Waals surface area contributed by atoms with Crippen LogP contribution in [-0.2, 0) is 0 Å². The number of carbonyl (C=O) groups is 1. The molecule has 8 nitrogen and oxygen atoms in total. The van der Waals surface area contributed by atoms with E-state index < -0.39 is 0 Å². The maximum absolute atomic E-state index is 12.8. The van der Waals surface area contributed by atoms with Gasteiger partial charge in [0.2, 0.25) is 0 Å². The first-order valence-electron chi connectivity index (χ1n) is 9.77. The molecule has 31 heavy (non-hydrogen) atoms. The highest BCUT2D eigenvalue weighted by molar-refractivity contribution is 7.13. The van der Waals surface area contributed by atoms with Gasteiger partial charge in [-0.05, 0) is 47.0 Å². The van der Waals surface area contributed by atoms with Crippen molar-refractivity contribution in [2.24, 2.45) is 0 Å². The number of aromatic nitrogens is 5. The predicted octanol–water partition coefficient (Wildman–Crippen LogP) is 4.48. The van der Waals surface area contributed by atoms with Crippen molar-refractivity contribution in [3.8, 4) is 22.0 Å². The SMILES string of the molecule is COc1ccc(NC(=O)c2csc(-c3ccc(C(C)C)cc3)n2)cc1-n1nnnc1C. The second-order valence-electron chi connectivity index (χ2n) is 7.29. The third kappa shape index (κ3) is 4.31. The van der Waals surface area contributed by atoms with Crippen molar-refractivity contribution in [1.82, 2.24) is 25.2 Å². The van der Waals surface area contributed by atoms with Gasteiger partial charge in [-0.25, -0.2) is 4.98 Å². The van der Waals surface area contributed by atoms with Crippen molar-refractivity contribution in [2.75, 3.05) is 12.4 Å². The topological polar surface area (TPSA) is 94.8 Å². The van der Waals surface area contributed by atoms with Gasteiger partial charge in [0, 0.05) is 16.6 Å². The summed E-state index contributed by atoms with van der Waals surface area (Å²) in [5, 5.41) is 17.0. The first-order valence-corrected chi connectivity index (χ1v) is 10.6. The highest BCUT2D eigenvalue weighted by Crippen LogP contribution is 2.28. The molecule has 2 heterocycles. The van der Waals surface area contributed by atoms with Crippen molar-refractivity contribution < 1.29 is 9.53 Å². The molecule has 158 valence electrons. The number of tetrazole rings is 1. The summed E-state index contributed by atoms with van der Waals surface area (Å²) < 4.78 is 6.96. The van der Waals surface area contributed by atoms with E-state index in [1.165, 1.54) is 16.9 Å². The first kappa shape index (κ1) is 20.7. The van der Waals surface area contributed by atoms with Gasteiger partial charge < -0.3 is 10.1 Å². The normalized spacial score (nSPS) is 11.0. The van der Waals surface area contributed by atoms with Crippen molar-refractivity contribution in [2.45, 2.75) is 26.7 Å². The molecule has 1 amide bonds. The number of nitrogens with one attached hydrogen (secondary N) is 1. The number of rotatable bonds is 6. The lowest BCUT2D eigenvalue weighted by Crippen LogP contribution is -2.13. The van der Waals surface area contributed by atoms with E-state index in [9.17, 15) is 4.79 Å². The first-order chi connectivity index (χ1) is 15.0. The Bertz CT molecular complexity index is 1210. The molecule has 0 fully saturated rings. The Morgan fingerprint density at radius 3 is 2.58 bits per heavy atom. The van der Waals surface area contributed by atoms with E-state index in [1.807, 2.05) is 12.1 Å². The van der Waals surface area contributed by atoms with Gasteiger partial charge in [0.1, 0.15) is 22.1 Å². The molecule has 0 spiro atoms. The second-order valence-corrected chi connectivity index (χ2v) is 8.15. The smallest absolute Gasteiger partial charge is 0.275 e. The van der Waals surface area contributed by atoms with Gasteiger partial charge in [-0.3, -0.25) is 4.79 Å². The summed E-state index contributed by atoms with van der Waals surface area (Å²) in [4.78, 5) is 17.3. The van der Waals surface area contributed by atoms with E-state index in [0.717, 1.165) is 10.6 Å². The van der Waals surface area contributed by atoms with E-state index in [4.69, 9.17) is 4.74 Å². The lowest BCUT2D eigenvalue weighted by molar-refractivity contribution is 0.102. The molecule has 4 aromatic rings. The van der Waals surface area contributed by atoms with Gasteiger partial charge >= 0.3 is 0 Å². The summed E-state index contributed by atoms with van der Waals surface area (Å²) in [6, 6.07) is 13.6. The Morgan fingerprint density at radius 2 is 1.94 bits per heavy atom. The predicted molar refractivity (Wildman–Crippen MR) is 120 cm³/mol. The average Bonchev–Trinajstić information content (AvgIpc) is 3.43. The number of hydrogen-bond acceptors (Lipinski definition) is 7. The molecule has 0 aliphatic rings. The quantitative estimate of drug-likeness (QED) is 0.481. The number of hydrogen-bond donors (Lipinski definition) is 1. The summed E-state index contributed by atoms with van der Waals surface area (Å²) in [5.41, 5.74) is 3.85. The van der Waals surface area contributed by atoms with Gasteiger partial charge in [0.15, 0.2) is 5.82 Å². The van der Waals surface area contributed by atoms with E-state index in [0.29, 0.717) is 34.6 Å². The van der Waals surface area contributed by atoms with Crippen LogP contribution in [0.4, 0.5) is 5.69 Å². The molecule has 0 atom stereocenters. The maximum atomic E-state index is 12.8. The monoisotopic (exact) mass is 434 g/mol. The number of aryl methyl sites for hydroxylation is 1. The Kier molecular flexibility index (Phi) is 5.77. The lowest BCUT2D eigenvalue weighted by atomic mass is 10.0. The summed E-state index contributed by atoms with van der Waals surface area (Å²) in [6.45, 7) is 6.10. The molecule has 0 radical (unpaired) electrons. The summed E-state index contributed by atoms with van der Waals surface area (Å²) in [6.07, 6.45) is 0. The highest BCUT2D eigenvalue weighted by atomic mass is 32.1. The fraction of sp³-hybridized carbons (Fsp3) is 0.227. The molecule has 1 N–H and O–H groups in total. The Balaban J connectivity index is 1.55. The van der Waals surface area contributed by atoms with Crippen LogP contribution >= 0.6 is 11.3 Å². The minimum absolute atomic E-state index is 0.286. The number of amides is 1. The molecule has 2 aromatic heterocycles. The summed E-state index contributed by atoms with van der Waals surface area (Å²) in [5.74, 6) is 1.38. The van der Waals surface area contributed by atoms with Gasteiger partial charge in [-0.1, -0.05) is 38.1 Å². The molecule has 0 unspecified atom stereocenters. The van der Waals surface area contributed by atoms with Crippen LogP contribution in [0.3, 0.4) is 0 Å². The number of nitrogens with zero attached hydrogens (tertiary/aromatic N) is 5. The van der Waals surface area contributed by atoms with Crippen LogP contribution in [0.15, 0.2) is 47.8 Å². The van der Waals surface area contributed by atoms with Gasteiger partial charge in [-0.2, -0.15) is 4.68 Å². The van der Waals surface area contributed by atoms with Crippen LogP contribution < -0.4 is 10.1 Å². The minimum atomic E-state index is -0.286. The fourth-order valence-corrected chi connectivity index (χ4v) is 3.91. The molecule has 0 aliphatic carbocycles. The van der Waals surface area contributed by atoms with Crippen LogP contribution in [0.25, 0.3) is 16.3 Å². The van der Waals surface area contributed by atoms with Gasteiger partial charge in [0.05, 0.1) is 7.11 Å². The van der Waals surface area contributed by atoms with Crippen LogP contribution in [0.2, 0.25) is 0 Å². The number of carbonyl (C=O) groups excluding carboxylic acids is 1. The van der Waals surface area contributed by atoms with E-state index in [-0.39, 0.29) is 5.91 Å². The number of ether oxygens (including phenoxy) is 1. The molecular weight excluding hydrogens is 412 g/mol. The molecule has 0 bridgehead atoms. The average molecular weight is 435 g/mol. The zero-order valence-corrected chi connectivity index (χ0v) is 18.5. The van der Waals surface area contributed by atoms with Crippen molar-refractivity contribution in [3.05, 3.63) is 64.9 Å². The van der Waals surface area contributed by atoms with Crippen LogP contribution in [0.5, 0.6) is 5.75 Å². The molecule has 2 aromatic carbocycles. The van der Waals surface area contributed by atoms with E-state index >= 15 is 0 Å². The summed E-state index contributed by atoms with van der Waals surface area (Å²) in [7, 11) is 1.57. The minimum Gasteiger partial charge on any atom is -0.494 e. The third-order valence-corrected chi connectivity index (χ3v) is 5.74. The van der Waals surface area contributed by atoms with Gasteiger partial charge in [-0.15, -0.1) is 16.4 Å². The van der Waals surface area contributed by atoms with Crippen molar-refractivity contribution >= 4 is 22.9 Å². The molecule has 0 saturated heterocycles. The van der Waals surface area contributed by atoms with Gasteiger partial charge in [0.25, 0.3) is 5.91 Å². The number of anilines is 1. The molecule has 0 aliphatic heterocycles. The number of thiazole rings is 1. The largest absolute Gasteiger partial charge is 0.494 e. The van der Waals surface area contributed by atoms with Crippen molar-refractivity contribution in [1.29, 1.82) is 0 Å². The standard InChI is InChI=1S/C22H22N6O2S/c1-13(2)15-5-7-16(8-6-15)22-24-18(12-31-22)21(29)23-17-9-10-20(30-4)19(11-17)28-14(3)25-26-27-28/h5-13H,1-4H3,(H,23,29). The van der Waals surface area contributed by atoms with E-state index in [1.54, 1.807) is 42.3 Å². The molecular formula is C22H22N6O2S. The van der Waals surface area contributed by atoms with Crippen LogP contribution in [0.1, 0.15) is 41.6 Å². The Morgan fingerprint density at radius 1 is 1.16 bits per heavy atom. The summed E-state index contributed by atoms with van der Waals surface area (Å²) >= 11 is 1.44. The van der Waals surface area contributed by atoms with Crippen LogP contribution in [-0.4, -0.2) is 38.2 Å². The van der Waals surface area contributed by atoms with E-state index in [2.05, 4.69) is 51.8 Å². The Labute approximate surface area is 183 Å². The Hall–Kier alpha value is -3.59. The van der Waals surface area contributed by atoms with Crippen molar-refractivity contribution in [3.63, 3.8) is 0 Å². The highest BCUT2D eigenvalue weighted by Gasteiger charge is 2.15. The third-order valence-electron chi connectivity index (χ3n) is 4.85. The molecule has 4 rings (SSSR count). The zero-order valence-electron chi connectivity index (χ0n) is 17.7. The second kappa shape index (κ2) is 8.65. The maximum Gasteiger partial charge on any atom is 0.275 e. The zero-order chi connectivity index (χ0) is 22.0. The lowest BCUT2D eigenvalue weighted by Gasteiger charge is -2.11. The number of benzene rings is 2. The number of methoxy groups -OCH3 is 1. The fourth-order valence-electron chi connectivity index (χ4n) is 3.10. The molecule has 9 heteroatoms. The van der Waals surface area contributed by atoms with Crippen LogP contribution in [0, 0.1) is 6.92 Å².